The number of carbonyl (C=O) groups excluding carboxylic acids is 1. The summed E-state index contributed by atoms with van der Waals surface area (Å²) < 4.78 is 5.63. The van der Waals surface area contributed by atoms with Gasteiger partial charge in [0.05, 0.1) is 6.42 Å². The Morgan fingerprint density at radius 3 is 2.38 bits per heavy atom. The van der Waals surface area contributed by atoms with Gasteiger partial charge in [0.1, 0.15) is 28.6 Å². The topological polar surface area (TPSA) is 113 Å². The Kier molecular flexibility index (Phi) is 2.77. The Labute approximate surface area is 120 Å². The first-order valence-electron chi connectivity index (χ1n) is 6.26. The number of ketones is 1. The van der Waals surface area contributed by atoms with Crippen LogP contribution in [0.1, 0.15) is 22.3 Å². The van der Waals surface area contributed by atoms with Crippen molar-refractivity contribution >= 4 is 5.78 Å². The molecule has 1 aliphatic rings. The molecule has 6 nitrogen and oxygen atoms in total. The highest BCUT2D eigenvalue weighted by Crippen LogP contribution is 2.42. The number of nitrogens with two attached hydrogens (primary N) is 1. The van der Waals surface area contributed by atoms with Crippen LogP contribution >= 0.6 is 0 Å². The van der Waals surface area contributed by atoms with Crippen LogP contribution in [-0.4, -0.2) is 21.1 Å². The first-order valence-corrected chi connectivity index (χ1v) is 6.26. The van der Waals surface area contributed by atoms with Gasteiger partial charge in [0.2, 0.25) is 0 Å². The molecule has 21 heavy (non-hydrogen) atoms. The fourth-order valence-corrected chi connectivity index (χ4v) is 2.41. The van der Waals surface area contributed by atoms with Gasteiger partial charge < -0.3 is 20.1 Å². The number of aromatic hydroxyl groups is 3. The first-order chi connectivity index (χ1) is 9.89. The Balaban J connectivity index is 2.09. The minimum Gasteiger partial charge on any atom is -0.508 e. The molecule has 1 aliphatic heterocycles. The highest BCUT2D eigenvalue weighted by Gasteiger charge is 2.40. The molecule has 2 aromatic rings. The summed E-state index contributed by atoms with van der Waals surface area (Å²) in [4.78, 5) is 12.2. The van der Waals surface area contributed by atoms with Crippen molar-refractivity contribution in [3.8, 4) is 23.0 Å². The number of hydrogen-bond acceptors (Lipinski definition) is 6. The lowest BCUT2D eigenvalue weighted by Gasteiger charge is -2.35. The number of phenols is 3. The smallest absolute Gasteiger partial charge is 0.192 e. The van der Waals surface area contributed by atoms with Crippen LogP contribution in [0, 0.1) is 0 Å². The van der Waals surface area contributed by atoms with Crippen molar-refractivity contribution in [3.05, 3.63) is 47.5 Å². The summed E-state index contributed by atoms with van der Waals surface area (Å²) in [6, 6.07) is 8.28. The van der Waals surface area contributed by atoms with E-state index in [1.807, 2.05) is 0 Å². The highest BCUT2D eigenvalue weighted by molar-refractivity contribution is 6.03. The zero-order chi connectivity index (χ0) is 15.2. The van der Waals surface area contributed by atoms with Gasteiger partial charge in [-0.1, -0.05) is 0 Å². The molecule has 0 saturated carbocycles. The Morgan fingerprint density at radius 2 is 1.71 bits per heavy atom. The van der Waals surface area contributed by atoms with Crippen LogP contribution in [0.2, 0.25) is 0 Å². The van der Waals surface area contributed by atoms with Crippen molar-refractivity contribution in [1.29, 1.82) is 0 Å². The van der Waals surface area contributed by atoms with Crippen LogP contribution in [0.4, 0.5) is 0 Å². The molecular formula is C15H13NO5. The molecule has 0 aliphatic carbocycles. The molecule has 108 valence electrons. The van der Waals surface area contributed by atoms with Crippen molar-refractivity contribution in [1.82, 2.24) is 0 Å². The largest absolute Gasteiger partial charge is 0.508 e. The van der Waals surface area contributed by atoms with E-state index in [4.69, 9.17) is 10.5 Å². The first kappa shape index (κ1) is 13.3. The molecule has 0 saturated heterocycles. The molecule has 0 fully saturated rings. The van der Waals surface area contributed by atoms with Gasteiger partial charge in [-0.2, -0.15) is 0 Å². The predicted octanol–water partition coefficient (Wildman–Crippen LogP) is 1.58. The minimum atomic E-state index is -1.42. The second-order valence-corrected chi connectivity index (χ2v) is 4.98. The van der Waals surface area contributed by atoms with Crippen molar-refractivity contribution in [3.63, 3.8) is 0 Å². The van der Waals surface area contributed by atoms with E-state index in [0.717, 1.165) is 6.07 Å². The van der Waals surface area contributed by atoms with Crippen molar-refractivity contribution in [2.75, 3.05) is 0 Å². The summed E-state index contributed by atoms with van der Waals surface area (Å²) >= 11 is 0. The second kappa shape index (κ2) is 4.39. The summed E-state index contributed by atoms with van der Waals surface area (Å²) in [7, 11) is 0. The summed E-state index contributed by atoms with van der Waals surface area (Å²) in [5.41, 5.74) is 5.24. The minimum absolute atomic E-state index is 0.00709. The van der Waals surface area contributed by atoms with Gasteiger partial charge in [0.25, 0.3) is 0 Å². The molecule has 2 aromatic carbocycles. The van der Waals surface area contributed by atoms with E-state index in [1.54, 1.807) is 12.1 Å². The summed E-state index contributed by atoms with van der Waals surface area (Å²) in [5, 5.41) is 28.6. The summed E-state index contributed by atoms with van der Waals surface area (Å²) in [5.74, 6) is -0.861. The predicted molar refractivity (Wildman–Crippen MR) is 73.3 cm³/mol. The van der Waals surface area contributed by atoms with Crippen LogP contribution in [0.25, 0.3) is 0 Å². The van der Waals surface area contributed by atoms with Crippen molar-refractivity contribution in [2.45, 2.75) is 12.1 Å². The third-order valence-corrected chi connectivity index (χ3v) is 3.42. The average molecular weight is 287 g/mol. The Bertz CT molecular complexity index is 726. The van der Waals surface area contributed by atoms with E-state index >= 15 is 0 Å². The third kappa shape index (κ3) is 2.15. The molecule has 1 atom stereocenters. The fraction of sp³-hybridized carbons (Fsp3) is 0.133. The van der Waals surface area contributed by atoms with Gasteiger partial charge in [0, 0.05) is 17.7 Å². The number of Topliss-reactive ketones (excluding diaryl/α,β-unsaturated/α-hetero) is 1. The number of carbonyl (C=O) groups is 1. The maximum atomic E-state index is 12.2. The van der Waals surface area contributed by atoms with Crippen molar-refractivity contribution < 1.29 is 24.9 Å². The lowest BCUT2D eigenvalue weighted by molar-refractivity contribution is 0.0417. The molecule has 0 radical (unpaired) electrons. The van der Waals surface area contributed by atoms with Gasteiger partial charge in [-0.25, -0.2) is 0 Å². The molecule has 1 heterocycles. The zero-order valence-corrected chi connectivity index (χ0v) is 10.9. The molecule has 0 aromatic heterocycles. The Hall–Kier alpha value is -2.73. The number of ether oxygens (including phenoxy) is 1. The van der Waals surface area contributed by atoms with Crippen LogP contribution < -0.4 is 10.5 Å². The van der Waals surface area contributed by atoms with Crippen LogP contribution in [0.15, 0.2) is 36.4 Å². The SMILES string of the molecule is N[C@@]1(c2ccc(O)cc2)CC(=O)c2c(O)cc(O)cc2O1. The molecule has 5 N–H and O–H groups in total. The third-order valence-electron chi connectivity index (χ3n) is 3.42. The maximum Gasteiger partial charge on any atom is 0.192 e. The fourth-order valence-electron chi connectivity index (χ4n) is 2.41. The van der Waals surface area contributed by atoms with E-state index in [0.29, 0.717) is 5.56 Å². The van der Waals surface area contributed by atoms with Crippen molar-refractivity contribution in [2.24, 2.45) is 5.73 Å². The highest BCUT2D eigenvalue weighted by atomic mass is 16.5. The molecule has 0 unspecified atom stereocenters. The van der Waals surface area contributed by atoms with E-state index in [2.05, 4.69) is 0 Å². The molecule has 0 bridgehead atoms. The normalized spacial score (nSPS) is 20.7. The van der Waals surface area contributed by atoms with E-state index in [1.165, 1.54) is 18.2 Å². The van der Waals surface area contributed by atoms with Crippen LogP contribution in [0.3, 0.4) is 0 Å². The van der Waals surface area contributed by atoms with Gasteiger partial charge in [-0.15, -0.1) is 0 Å². The molecule has 6 heteroatoms. The monoisotopic (exact) mass is 287 g/mol. The number of benzene rings is 2. The van der Waals surface area contributed by atoms with E-state index in [9.17, 15) is 20.1 Å². The van der Waals surface area contributed by atoms with Gasteiger partial charge in [-0.3, -0.25) is 10.5 Å². The maximum absolute atomic E-state index is 12.2. The Morgan fingerprint density at radius 1 is 1.05 bits per heavy atom. The lowest BCUT2D eigenvalue weighted by Crippen LogP contribution is -2.47. The number of rotatable bonds is 1. The quantitative estimate of drug-likeness (QED) is 0.633. The molecule has 3 rings (SSSR count). The molecule has 0 amide bonds. The van der Waals surface area contributed by atoms with E-state index < -0.39 is 5.72 Å². The summed E-state index contributed by atoms with van der Waals surface area (Å²) in [6.07, 6.45) is -0.164. The average Bonchev–Trinajstić information content (AvgIpc) is 2.37. The van der Waals surface area contributed by atoms with Crippen LogP contribution in [-0.2, 0) is 5.72 Å². The number of fused-ring (bicyclic) bond motifs is 1. The molecular weight excluding hydrogens is 274 g/mol. The van der Waals surface area contributed by atoms with E-state index in [-0.39, 0.29) is 40.8 Å². The standard InChI is InChI=1S/C15H13NO5/c16-15(8-1-3-9(17)4-2-8)7-12(20)14-11(19)5-10(18)6-13(14)21-15/h1-6,17-19H,7,16H2/t15-/m0/s1. The summed E-state index contributed by atoms with van der Waals surface area (Å²) in [6.45, 7) is 0. The number of hydrogen-bond donors (Lipinski definition) is 4. The van der Waals surface area contributed by atoms with Gasteiger partial charge >= 0.3 is 0 Å². The lowest BCUT2D eigenvalue weighted by atomic mass is 9.91. The van der Waals surface area contributed by atoms with Crippen LogP contribution in [0.5, 0.6) is 23.0 Å². The second-order valence-electron chi connectivity index (χ2n) is 4.98. The number of phenolic OH excluding ortho intramolecular Hbond substituents is 3. The van der Waals surface area contributed by atoms with Gasteiger partial charge in [0.15, 0.2) is 11.5 Å². The van der Waals surface area contributed by atoms with Gasteiger partial charge in [-0.05, 0) is 24.3 Å². The zero-order valence-electron chi connectivity index (χ0n) is 10.9. The molecule has 0 spiro atoms.